The van der Waals surface area contributed by atoms with Crippen molar-refractivity contribution in [3.05, 3.63) is 71.3 Å². The largest absolute Gasteiger partial charge is 0.471 e. The average molecular weight is 277 g/mol. The molecule has 0 saturated heterocycles. The molecule has 98 valence electrons. The molecule has 2 rings (SSSR count). The zero-order valence-corrected chi connectivity index (χ0v) is 16.1. The van der Waals surface area contributed by atoms with Crippen LogP contribution in [0.3, 0.4) is 0 Å². The van der Waals surface area contributed by atoms with Crippen LogP contribution in [-0.4, -0.2) is 21.0 Å². The minimum Gasteiger partial charge on any atom is -0.471 e. The average Bonchev–Trinajstić information content (AvgIpc) is 2.36. The van der Waals surface area contributed by atoms with Gasteiger partial charge in [0.25, 0.3) is 0 Å². The quantitative estimate of drug-likeness (QED) is 0.668. The summed E-state index contributed by atoms with van der Waals surface area (Å²) in [5.74, 6) is 0. The van der Waals surface area contributed by atoms with E-state index in [1.54, 1.807) is 0 Å². The summed E-state index contributed by atoms with van der Waals surface area (Å²) < 4.78 is 4.53. The van der Waals surface area contributed by atoms with Crippen LogP contribution in [0.25, 0.3) is 0 Å². The Bertz CT molecular complexity index is 395. The van der Waals surface area contributed by atoms with Crippen molar-refractivity contribution in [1.82, 2.24) is 0 Å². The molecular formula is C15H24OSi2. The molecule has 0 aromatic heterocycles. The Labute approximate surface area is 117 Å². The number of hydrogen-bond acceptors (Lipinski definition) is 1. The third-order valence-electron chi connectivity index (χ3n) is 2.37. The number of aryl methyl sites for hydroxylation is 3. The lowest BCUT2D eigenvalue weighted by Crippen LogP contribution is -1.74. The van der Waals surface area contributed by atoms with Crippen molar-refractivity contribution in [3.63, 3.8) is 0 Å². The van der Waals surface area contributed by atoms with E-state index in [1.165, 1.54) is 16.7 Å². The molecule has 0 unspecified atom stereocenters. The maximum atomic E-state index is 4.53. The lowest BCUT2D eigenvalue weighted by atomic mass is 10.1. The van der Waals surface area contributed by atoms with Crippen molar-refractivity contribution in [2.45, 2.75) is 20.8 Å². The Balaban J connectivity index is 0.000000267. The first-order valence-electron chi connectivity index (χ1n) is 6.05. The fraction of sp³-hybridized carbons (Fsp3) is 0.200. The number of hydrogen-bond donors (Lipinski definition) is 0. The zero-order valence-electron chi connectivity index (χ0n) is 12.1. The summed E-state index contributed by atoms with van der Waals surface area (Å²) in [7, 11) is 1.86. The number of benzene rings is 2. The highest BCUT2D eigenvalue weighted by Crippen LogP contribution is 2.02. The second-order valence-corrected chi connectivity index (χ2v) is 7.41. The highest BCUT2D eigenvalue weighted by molar-refractivity contribution is 6.15. The first kappa shape index (κ1) is 16.8. The van der Waals surface area contributed by atoms with Crippen LogP contribution in [-0.2, 0) is 4.12 Å². The van der Waals surface area contributed by atoms with E-state index in [0.29, 0.717) is 0 Å². The fourth-order valence-electron chi connectivity index (χ4n) is 1.20. The van der Waals surface area contributed by atoms with Crippen LogP contribution in [0, 0.1) is 20.8 Å². The Morgan fingerprint density at radius 2 is 1.00 bits per heavy atom. The van der Waals surface area contributed by atoms with Crippen LogP contribution in [0.2, 0.25) is 0 Å². The molecule has 0 aliphatic heterocycles. The fourth-order valence-corrected chi connectivity index (χ4v) is 1.20. The SMILES string of the molecule is Cc1ccccc1.Cc1ccccc1C.[SiH3]O[SiH3]. The summed E-state index contributed by atoms with van der Waals surface area (Å²) in [6.07, 6.45) is 0. The summed E-state index contributed by atoms with van der Waals surface area (Å²) in [6, 6.07) is 18.6. The minimum absolute atomic E-state index is 0.931. The Morgan fingerprint density at radius 1 is 0.667 bits per heavy atom. The van der Waals surface area contributed by atoms with Gasteiger partial charge in [-0.2, -0.15) is 0 Å². The van der Waals surface area contributed by atoms with E-state index in [-0.39, 0.29) is 0 Å². The summed E-state index contributed by atoms with van der Waals surface area (Å²) in [4.78, 5) is 0. The number of rotatable bonds is 0. The summed E-state index contributed by atoms with van der Waals surface area (Å²) in [5.41, 5.74) is 4.06. The molecule has 0 aliphatic rings. The highest BCUT2D eigenvalue weighted by Gasteiger charge is 1.83. The van der Waals surface area contributed by atoms with E-state index in [9.17, 15) is 0 Å². The van der Waals surface area contributed by atoms with Crippen molar-refractivity contribution in [1.29, 1.82) is 0 Å². The third-order valence-corrected chi connectivity index (χ3v) is 2.37. The molecule has 0 radical (unpaired) electrons. The van der Waals surface area contributed by atoms with E-state index in [0.717, 1.165) is 21.0 Å². The van der Waals surface area contributed by atoms with Crippen LogP contribution >= 0.6 is 0 Å². The molecule has 0 heterocycles. The zero-order chi connectivity index (χ0) is 13.8. The van der Waals surface area contributed by atoms with Gasteiger partial charge in [-0.3, -0.25) is 0 Å². The normalized spacial score (nSPS) is 8.83. The predicted molar refractivity (Wildman–Crippen MR) is 88.1 cm³/mol. The van der Waals surface area contributed by atoms with E-state index in [2.05, 4.69) is 61.3 Å². The molecule has 2 aromatic carbocycles. The van der Waals surface area contributed by atoms with Crippen molar-refractivity contribution in [2.75, 3.05) is 0 Å². The molecule has 0 atom stereocenters. The van der Waals surface area contributed by atoms with Crippen LogP contribution in [0.4, 0.5) is 0 Å². The van der Waals surface area contributed by atoms with Crippen LogP contribution in [0.5, 0.6) is 0 Å². The molecular weight excluding hydrogens is 252 g/mol. The van der Waals surface area contributed by atoms with E-state index in [4.69, 9.17) is 0 Å². The molecule has 2 aromatic rings. The van der Waals surface area contributed by atoms with Crippen LogP contribution in [0.15, 0.2) is 54.6 Å². The van der Waals surface area contributed by atoms with Gasteiger partial charge in [-0.1, -0.05) is 60.2 Å². The van der Waals surface area contributed by atoms with Crippen molar-refractivity contribution >= 4 is 21.0 Å². The Kier molecular flexibility index (Phi) is 10.2. The van der Waals surface area contributed by atoms with Gasteiger partial charge in [0, 0.05) is 0 Å². The van der Waals surface area contributed by atoms with E-state index < -0.39 is 0 Å². The summed E-state index contributed by atoms with van der Waals surface area (Å²) in [5, 5.41) is 0. The first-order chi connectivity index (χ1) is 8.61. The maximum absolute atomic E-state index is 4.53. The lowest BCUT2D eigenvalue weighted by Gasteiger charge is -1.93. The molecule has 0 bridgehead atoms. The second-order valence-electron chi connectivity index (χ2n) is 4.15. The van der Waals surface area contributed by atoms with Gasteiger partial charge in [0.1, 0.15) is 21.0 Å². The standard InChI is InChI=1S/C8H10.C7H8.H6OSi2/c1-7-5-3-4-6-8(7)2;1-7-5-3-2-4-6-7;2-1-3/h3-6H,1-2H3;2-6H,1H3;2-3H3. The molecule has 18 heavy (non-hydrogen) atoms. The second kappa shape index (κ2) is 11.0. The molecule has 0 aliphatic carbocycles. The van der Waals surface area contributed by atoms with Crippen molar-refractivity contribution in [3.8, 4) is 0 Å². The molecule has 0 amide bonds. The van der Waals surface area contributed by atoms with Crippen LogP contribution in [0.1, 0.15) is 16.7 Å². The van der Waals surface area contributed by atoms with Crippen molar-refractivity contribution < 1.29 is 4.12 Å². The van der Waals surface area contributed by atoms with Gasteiger partial charge in [-0.25, -0.2) is 0 Å². The van der Waals surface area contributed by atoms with Gasteiger partial charge in [0.05, 0.1) is 0 Å². The molecule has 0 spiro atoms. The van der Waals surface area contributed by atoms with Crippen molar-refractivity contribution in [2.24, 2.45) is 0 Å². The van der Waals surface area contributed by atoms with Gasteiger partial charge >= 0.3 is 0 Å². The molecule has 3 heteroatoms. The molecule has 0 N–H and O–H groups in total. The van der Waals surface area contributed by atoms with Gasteiger partial charge in [-0.15, -0.1) is 0 Å². The summed E-state index contributed by atoms with van der Waals surface area (Å²) >= 11 is 0. The highest BCUT2D eigenvalue weighted by atomic mass is 28.3. The molecule has 0 fully saturated rings. The first-order valence-corrected chi connectivity index (χ1v) is 7.69. The van der Waals surface area contributed by atoms with Crippen LogP contribution < -0.4 is 0 Å². The topological polar surface area (TPSA) is 9.23 Å². The Hall–Kier alpha value is -1.17. The molecule has 1 nitrogen and oxygen atoms in total. The maximum Gasteiger partial charge on any atom is 0.129 e. The predicted octanol–water partition coefficient (Wildman–Crippen LogP) is 1.86. The smallest absolute Gasteiger partial charge is 0.129 e. The monoisotopic (exact) mass is 276 g/mol. The third kappa shape index (κ3) is 8.93. The van der Waals surface area contributed by atoms with E-state index in [1.807, 2.05) is 18.2 Å². The van der Waals surface area contributed by atoms with E-state index >= 15 is 0 Å². The van der Waals surface area contributed by atoms with Gasteiger partial charge in [0.2, 0.25) is 0 Å². The Morgan fingerprint density at radius 3 is 1.22 bits per heavy atom. The summed E-state index contributed by atoms with van der Waals surface area (Å²) in [6.45, 7) is 6.32. The van der Waals surface area contributed by atoms with Gasteiger partial charge in [-0.05, 0) is 31.9 Å². The lowest BCUT2D eigenvalue weighted by molar-refractivity contribution is 0.690. The van der Waals surface area contributed by atoms with Gasteiger partial charge in [0.15, 0.2) is 0 Å². The molecule has 0 saturated carbocycles. The minimum atomic E-state index is 0.931. The van der Waals surface area contributed by atoms with Gasteiger partial charge < -0.3 is 4.12 Å².